The van der Waals surface area contributed by atoms with Gasteiger partial charge in [0.1, 0.15) is 5.75 Å². The molecule has 1 aromatic carbocycles. The maximum Gasteiger partial charge on any atom is 0.257 e. The van der Waals surface area contributed by atoms with E-state index in [9.17, 15) is 4.79 Å². The monoisotopic (exact) mass is 295 g/mol. The highest BCUT2D eigenvalue weighted by Gasteiger charge is 2.19. The van der Waals surface area contributed by atoms with Gasteiger partial charge in [-0.2, -0.15) is 5.26 Å². The molecular formula is C17H17N3O2. The van der Waals surface area contributed by atoms with Crippen LogP contribution in [0.2, 0.25) is 0 Å². The van der Waals surface area contributed by atoms with Gasteiger partial charge in [-0.1, -0.05) is 18.2 Å². The number of aromatic nitrogens is 1. The highest BCUT2D eigenvalue weighted by molar-refractivity contribution is 5.96. The zero-order valence-corrected chi connectivity index (χ0v) is 12.4. The molecule has 0 aliphatic carbocycles. The topological polar surface area (TPSA) is 66.2 Å². The van der Waals surface area contributed by atoms with Crippen molar-refractivity contribution in [1.82, 2.24) is 9.88 Å². The SMILES string of the molecule is COc1ccccc1C(=O)N(CCC#N)Cc1cccnc1. The van der Waals surface area contributed by atoms with Crippen LogP contribution >= 0.6 is 0 Å². The normalized spacial score (nSPS) is 9.82. The Labute approximate surface area is 129 Å². The fourth-order valence-corrected chi connectivity index (χ4v) is 2.14. The Morgan fingerprint density at radius 1 is 1.32 bits per heavy atom. The summed E-state index contributed by atoms with van der Waals surface area (Å²) in [6.07, 6.45) is 3.68. The number of ether oxygens (including phenoxy) is 1. The molecule has 1 aromatic heterocycles. The second-order valence-corrected chi connectivity index (χ2v) is 4.70. The average Bonchev–Trinajstić information content (AvgIpc) is 2.58. The van der Waals surface area contributed by atoms with Crippen LogP contribution < -0.4 is 4.74 Å². The van der Waals surface area contributed by atoms with Gasteiger partial charge in [0.15, 0.2) is 0 Å². The van der Waals surface area contributed by atoms with Crippen LogP contribution in [0.25, 0.3) is 0 Å². The smallest absolute Gasteiger partial charge is 0.257 e. The first-order valence-electron chi connectivity index (χ1n) is 6.94. The minimum Gasteiger partial charge on any atom is -0.496 e. The molecule has 1 amide bonds. The van der Waals surface area contributed by atoms with Gasteiger partial charge in [-0.15, -0.1) is 0 Å². The van der Waals surface area contributed by atoms with Crippen LogP contribution in [0.4, 0.5) is 0 Å². The summed E-state index contributed by atoms with van der Waals surface area (Å²) in [5.74, 6) is 0.372. The first kappa shape index (κ1) is 15.5. The van der Waals surface area contributed by atoms with Crippen LogP contribution in [0, 0.1) is 11.3 Å². The third kappa shape index (κ3) is 3.83. The number of rotatable bonds is 6. The zero-order valence-electron chi connectivity index (χ0n) is 12.4. The van der Waals surface area contributed by atoms with E-state index in [1.807, 2.05) is 18.2 Å². The lowest BCUT2D eigenvalue weighted by atomic mass is 10.1. The van der Waals surface area contributed by atoms with Gasteiger partial charge in [0, 0.05) is 25.5 Å². The molecular weight excluding hydrogens is 278 g/mol. The van der Waals surface area contributed by atoms with Crippen LogP contribution in [0.1, 0.15) is 22.3 Å². The predicted molar refractivity (Wildman–Crippen MR) is 82.2 cm³/mol. The van der Waals surface area contributed by atoms with Crippen molar-refractivity contribution in [2.45, 2.75) is 13.0 Å². The minimum atomic E-state index is -0.156. The van der Waals surface area contributed by atoms with E-state index in [1.165, 1.54) is 7.11 Å². The second kappa shape index (κ2) is 7.79. The van der Waals surface area contributed by atoms with Crippen molar-refractivity contribution >= 4 is 5.91 Å². The van der Waals surface area contributed by atoms with E-state index in [0.29, 0.717) is 24.4 Å². The highest BCUT2D eigenvalue weighted by Crippen LogP contribution is 2.20. The largest absolute Gasteiger partial charge is 0.496 e. The van der Waals surface area contributed by atoms with Gasteiger partial charge in [-0.3, -0.25) is 9.78 Å². The fourth-order valence-electron chi connectivity index (χ4n) is 2.14. The highest BCUT2D eigenvalue weighted by atomic mass is 16.5. The van der Waals surface area contributed by atoms with Crippen molar-refractivity contribution in [2.24, 2.45) is 0 Å². The zero-order chi connectivity index (χ0) is 15.8. The molecule has 0 saturated carbocycles. The number of hydrogen-bond donors (Lipinski definition) is 0. The summed E-state index contributed by atoms with van der Waals surface area (Å²) in [5.41, 5.74) is 1.41. The van der Waals surface area contributed by atoms with Crippen molar-refractivity contribution < 1.29 is 9.53 Å². The van der Waals surface area contributed by atoms with E-state index in [4.69, 9.17) is 10.00 Å². The summed E-state index contributed by atoms with van der Waals surface area (Å²) in [7, 11) is 1.53. The van der Waals surface area contributed by atoms with Gasteiger partial charge in [0.25, 0.3) is 5.91 Å². The molecule has 0 bridgehead atoms. The fraction of sp³-hybridized carbons (Fsp3) is 0.235. The Bertz CT molecular complexity index is 665. The number of amides is 1. The van der Waals surface area contributed by atoms with Gasteiger partial charge >= 0.3 is 0 Å². The summed E-state index contributed by atoms with van der Waals surface area (Å²) in [5, 5.41) is 8.81. The number of pyridine rings is 1. The minimum absolute atomic E-state index is 0.156. The molecule has 22 heavy (non-hydrogen) atoms. The second-order valence-electron chi connectivity index (χ2n) is 4.70. The molecule has 1 heterocycles. The van der Waals surface area contributed by atoms with Crippen LogP contribution in [-0.4, -0.2) is 29.4 Å². The molecule has 5 heteroatoms. The van der Waals surface area contributed by atoms with Crippen LogP contribution in [0.3, 0.4) is 0 Å². The summed E-state index contributed by atoms with van der Waals surface area (Å²) in [6.45, 7) is 0.772. The van der Waals surface area contributed by atoms with Gasteiger partial charge in [-0.25, -0.2) is 0 Å². The Kier molecular flexibility index (Phi) is 5.50. The lowest BCUT2D eigenvalue weighted by Gasteiger charge is -2.22. The van der Waals surface area contributed by atoms with Crippen LogP contribution in [0.15, 0.2) is 48.8 Å². The van der Waals surface area contributed by atoms with Crippen molar-refractivity contribution in [1.29, 1.82) is 5.26 Å². The number of benzene rings is 1. The van der Waals surface area contributed by atoms with Crippen LogP contribution in [-0.2, 0) is 6.54 Å². The number of methoxy groups -OCH3 is 1. The third-order valence-electron chi connectivity index (χ3n) is 3.21. The molecule has 0 atom stereocenters. The Morgan fingerprint density at radius 3 is 2.82 bits per heavy atom. The van der Waals surface area contributed by atoms with Crippen molar-refractivity contribution in [3.05, 3.63) is 59.9 Å². The molecule has 5 nitrogen and oxygen atoms in total. The molecule has 0 fully saturated rings. The molecule has 0 N–H and O–H groups in total. The molecule has 0 aliphatic heterocycles. The number of nitrogens with zero attached hydrogens (tertiary/aromatic N) is 3. The number of carbonyl (C=O) groups excluding carboxylic acids is 1. The van der Waals surface area contributed by atoms with E-state index in [2.05, 4.69) is 11.1 Å². The summed E-state index contributed by atoms with van der Waals surface area (Å²) in [6, 6.07) is 12.9. The van der Waals surface area contributed by atoms with Gasteiger partial charge in [0.2, 0.25) is 0 Å². The lowest BCUT2D eigenvalue weighted by molar-refractivity contribution is 0.0743. The molecule has 2 rings (SSSR count). The summed E-state index contributed by atoms with van der Waals surface area (Å²) >= 11 is 0. The average molecular weight is 295 g/mol. The molecule has 2 aromatic rings. The van der Waals surface area contributed by atoms with E-state index in [1.54, 1.807) is 35.5 Å². The predicted octanol–water partition coefficient (Wildman–Crippen LogP) is 2.65. The van der Waals surface area contributed by atoms with E-state index >= 15 is 0 Å². The van der Waals surface area contributed by atoms with Gasteiger partial charge in [-0.05, 0) is 23.8 Å². The van der Waals surface area contributed by atoms with Crippen molar-refractivity contribution in [3.63, 3.8) is 0 Å². The number of para-hydroxylation sites is 1. The Balaban J connectivity index is 2.24. The van der Waals surface area contributed by atoms with E-state index in [0.717, 1.165) is 5.56 Å². The quantitative estimate of drug-likeness (QED) is 0.821. The first-order chi connectivity index (χ1) is 10.8. The van der Waals surface area contributed by atoms with Crippen molar-refractivity contribution in [2.75, 3.05) is 13.7 Å². The van der Waals surface area contributed by atoms with Crippen LogP contribution in [0.5, 0.6) is 5.75 Å². The lowest BCUT2D eigenvalue weighted by Crippen LogP contribution is -2.31. The van der Waals surface area contributed by atoms with E-state index < -0.39 is 0 Å². The molecule has 0 aliphatic rings. The number of carbonyl (C=O) groups is 1. The summed E-state index contributed by atoms with van der Waals surface area (Å²) in [4.78, 5) is 18.4. The first-order valence-corrected chi connectivity index (χ1v) is 6.94. The molecule has 0 spiro atoms. The standard InChI is InChI=1S/C17H17N3O2/c1-22-16-8-3-2-7-15(16)17(21)20(11-5-9-18)13-14-6-4-10-19-12-14/h2-4,6-8,10,12H,5,11,13H2,1H3. The van der Waals surface area contributed by atoms with Gasteiger partial charge in [0.05, 0.1) is 25.2 Å². The maximum atomic E-state index is 12.8. The number of hydrogen-bond acceptors (Lipinski definition) is 4. The maximum absolute atomic E-state index is 12.8. The summed E-state index contributed by atoms with van der Waals surface area (Å²) < 4.78 is 5.25. The van der Waals surface area contributed by atoms with Crippen molar-refractivity contribution in [3.8, 4) is 11.8 Å². The molecule has 112 valence electrons. The van der Waals surface area contributed by atoms with Gasteiger partial charge < -0.3 is 9.64 Å². The number of nitriles is 1. The Morgan fingerprint density at radius 2 is 2.14 bits per heavy atom. The Hall–Kier alpha value is -2.87. The molecule has 0 unspecified atom stereocenters. The third-order valence-corrected chi connectivity index (χ3v) is 3.21. The molecule has 0 radical (unpaired) electrons. The molecule has 0 saturated heterocycles. The van der Waals surface area contributed by atoms with E-state index in [-0.39, 0.29) is 12.3 Å².